The Morgan fingerprint density at radius 2 is 1.94 bits per heavy atom. The van der Waals surface area contributed by atoms with Crippen LogP contribution in [0.1, 0.15) is 48.9 Å². The molecule has 1 atom stereocenters. The second-order valence-corrected chi connectivity index (χ2v) is 9.13. The molecule has 0 aliphatic heterocycles. The number of aromatic nitrogens is 2. The standard InChI is InChI=1S/C25H24F2N2O2/c1-25(2)11-17-21(18(30)12-25)20-14-6-4-5-7-15(14)29-24(20)16(28-17)10-13-8-9-19(31-3)23(27)22(13)26/h4-9,18,29-30H,10-12H2,1-3H3/t18-/m0/s1. The largest absolute Gasteiger partial charge is 0.494 e. The summed E-state index contributed by atoms with van der Waals surface area (Å²) in [5.74, 6) is -2.05. The van der Waals surface area contributed by atoms with E-state index in [1.54, 1.807) is 0 Å². The van der Waals surface area contributed by atoms with Gasteiger partial charge in [-0.3, -0.25) is 4.98 Å². The lowest BCUT2D eigenvalue weighted by atomic mass is 9.74. The van der Waals surface area contributed by atoms with E-state index in [2.05, 4.69) is 18.8 Å². The average molecular weight is 422 g/mol. The number of fused-ring (bicyclic) bond motifs is 5. The first-order valence-corrected chi connectivity index (χ1v) is 10.4. The van der Waals surface area contributed by atoms with Gasteiger partial charge in [0.1, 0.15) is 0 Å². The Morgan fingerprint density at radius 1 is 1.16 bits per heavy atom. The SMILES string of the molecule is COc1ccc(Cc2nc3c(c4c2[nH]c2ccccc24)[C@@H](O)CC(C)(C)C3)c(F)c1F. The van der Waals surface area contributed by atoms with Crippen molar-refractivity contribution in [1.29, 1.82) is 0 Å². The lowest BCUT2D eigenvalue weighted by Crippen LogP contribution is -2.27. The van der Waals surface area contributed by atoms with Gasteiger partial charge in [0.05, 0.1) is 24.4 Å². The van der Waals surface area contributed by atoms with Crippen molar-refractivity contribution in [3.8, 4) is 5.75 Å². The fraction of sp³-hybridized carbons (Fsp3) is 0.320. The minimum atomic E-state index is -0.998. The normalized spacial score (nSPS) is 17.8. The van der Waals surface area contributed by atoms with Gasteiger partial charge in [-0.25, -0.2) is 4.39 Å². The number of para-hydroxylation sites is 1. The Kier molecular flexibility index (Phi) is 4.52. The summed E-state index contributed by atoms with van der Waals surface area (Å²) in [5.41, 5.74) is 4.09. The van der Waals surface area contributed by atoms with Gasteiger partial charge in [-0.15, -0.1) is 0 Å². The van der Waals surface area contributed by atoms with Crippen LogP contribution in [0.25, 0.3) is 21.8 Å². The monoisotopic (exact) mass is 422 g/mol. The number of benzene rings is 2. The minimum absolute atomic E-state index is 0.103. The summed E-state index contributed by atoms with van der Waals surface area (Å²) in [6.45, 7) is 4.22. The predicted molar refractivity (Wildman–Crippen MR) is 116 cm³/mol. The lowest BCUT2D eigenvalue weighted by molar-refractivity contribution is 0.0997. The Hall–Kier alpha value is -2.99. The smallest absolute Gasteiger partial charge is 0.200 e. The van der Waals surface area contributed by atoms with Gasteiger partial charge in [-0.05, 0) is 36.0 Å². The van der Waals surface area contributed by atoms with Crippen LogP contribution in [0.2, 0.25) is 0 Å². The molecule has 2 N–H and O–H groups in total. The summed E-state index contributed by atoms with van der Waals surface area (Å²) in [6.07, 6.45) is 0.854. The minimum Gasteiger partial charge on any atom is -0.494 e. The molecule has 0 radical (unpaired) electrons. The third-order valence-electron chi connectivity index (χ3n) is 6.27. The van der Waals surface area contributed by atoms with E-state index in [0.29, 0.717) is 18.5 Å². The molecule has 160 valence electrons. The number of H-pyrrole nitrogens is 1. The molecule has 0 bridgehead atoms. The highest BCUT2D eigenvalue weighted by atomic mass is 19.2. The van der Waals surface area contributed by atoms with E-state index >= 15 is 0 Å². The van der Waals surface area contributed by atoms with E-state index in [0.717, 1.165) is 33.1 Å². The number of hydrogen-bond donors (Lipinski definition) is 2. The van der Waals surface area contributed by atoms with Crippen LogP contribution in [-0.4, -0.2) is 22.2 Å². The molecule has 0 saturated heterocycles. The molecule has 0 saturated carbocycles. The summed E-state index contributed by atoms with van der Waals surface area (Å²) in [5, 5.41) is 12.9. The Bertz CT molecular complexity index is 1330. The lowest BCUT2D eigenvalue weighted by Gasteiger charge is -2.34. The van der Waals surface area contributed by atoms with Gasteiger partial charge in [0, 0.05) is 34.0 Å². The molecule has 6 heteroatoms. The van der Waals surface area contributed by atoms with Crippen molar-refractivity contribution in [1.82, 2.24) is 9.97 Å². The number of ether oxygens (including phenoxy) is 1. The Labute approximate surface area is 178 Å². The van der Waals surface area contributed by atoms with E-state index in [9.17, 15) is 13.9 Å². The number of aliphatic hydroxyl groups excluding tert-OH is 1. The van der Waals surface area contributed by atoms with E-state index in [4.69, 9.17) is 9.72 Å². The quantitative estimate of drug-likeness (QED) is 0.452. The highest BCUT2D eigenvalue weighted by Gasteiger charge is 2.35. The molecule has 0 amide bonds. The first-order chi connectivity index (χ1) is 14.8. The molecular weight excluding hydrogens is 398 g/mol. The van der Waals surface area contributed by atoms with Crippen LogP contribution >= 0.6 is 0 Å². The fourth-order valence-corrected chi connectivity index (χ4v) is 4.88. The zero-order valence-corrected chi connectivity index (χ0v) is 17.7. The van der Waals surface area contributed by atoms with Gasteiger partial charge in [0.25, 0.3) is 0 Å². The summed E-state index contributed by atoms with van der Waals surface area (Å²) >= 11 is 0. The van der Waals surface area contributed by atoms with Gasteiger partial charge in [-0.1, -0.05) is 38.1 Å². The number of aliphatic hydroxyl groups is 1. The summed E-state index contributed by atoms with van der Waals surface area (Å²) < 4.78 is 33.9. The van der Waals surface area contributed by atoms with Gasteiger partial charge in [0.15, 0.2) is 11.6 Å². The first kappa shape index (κ1) is 19.9. The molecule has 0 fully saturated rings. The summed E-state index contributed by atoms with van der Waals surface area (Å²) in [4.78, 5) is 8.28. The van der Waals surface area contributed by atoms with E-state index in [1.807, 2.05) is 24.3 Å². The number of halogens is 2. The number of rotatable bonds is 3. The van der Waals surface area contributed by atoms with Crippen molar-refractivity contribution in [2.45, 2.75) is 39.2 Å². The second kappa shape index (κ2) is 7.02. The second-order valence-electron chi connectivity index (χ2n) is 9.13. The predicted octanol–water partition coefficient (Wildman–Crippen LogP) is 5.60. The molecule has 0 spiro atoms. The molecule has 0 unspecified atom stereocenters. The molecule has 2 aromatic heterocycles. The fourth-order valence-electron chi connectivity index (χ4n) is 4.88. The van der Waals surface area contributed by atoms with Crippen molar-refractivity contribution in [2.24, 2.45) is 5.41 Å². The van der Waals surface area contributed by atoms with Crippen molar-refractivity contribution in [3.63, 3.8) is 0 Å². The van der Waals surface area contributed by atoms with Crippen LogP contribution in [-0.2, 0) is 12.8 Å². The van der Waals surface area contributed by atoms with Crippen LogP contribution in [0.5, 0.6) is 5.75 Å². The maximum Gasteiger partial charge on any atom is 0.200 e. The average Bonchev–Trinajstić information content (AvgIpc) is 3.10. The Morgan fingerprint density at radius 3 is 2.71 bits per heavy atom. The van der Waals surface area contributed by atoms with E-state index < -0.39 is 17.7 Å². The molecule has 2 heterocycles. The molecular formula is C25H24F2N2O2. The van der Waals surface area contributed by atoms with Gasteiger partial charge < -0.3 is 14.8 Å². The van der Waals surface area contributed by atoms with E-state index in [1.165, 1.54) is 19.2 Å². The maximum absolute atomic E-state index is 14.7. The molecule has 1 aliphatic carbocycles. The number of methoxy groups -OCH3 is 1. The first-order valence-electron chi connectivity index (χ1n) is 10.4. The van der Waals surface area contributed by atoms with Crippen molar-refractivity contribution >= 4 is 21.8 Å². The molecule has 5 rings (SSSR count). The zero-order valence-electron chi connectivity index (χ0n) is 17.7. The maximum atomic E-state index is 14.7. The number of nitrogens with zero attached hydrogens (tertiary/aromatic N) is 1. The third kappa shape index (κ3) is 3.17. The molecule has 4 nitrogen and oxygen atoms in total. The highest BCUT2D eigenvalue weighted by Crippen LogP contribution is 2.45. The van der Waals surface area contributed by atoms with Crippen LogP contribution in [0, 0.1) is 17.0 Å². The van der Waals surface area contributed by atoms with Crippen LogP contribution in [0.15, 0.2) is 36.4 Å². The van der Waals surface area contributed by atoms with Gasteiger partial charge >= 0.3 is 0 Å². The number of pyridine rings is 1. The Balaban J connectivity index is 1.76. The number of aromatic amines is 1. The van der Waals surface area contributed by atoms with Crippen molar-refractivity contribution < 1.29 is 18.6 Å². The van der Waals surface area contributed by atoms with Crippen LogP contribution < -0.4 is 4.74 Å². The van der Waals surface area contributed by atoms with Gasteiger partial charge in [-0.2, -0.15) is 4.39 Å². The molecule has 1 aliphatic rings. The van der Waals surface area contributed by atoms with Gasteiger partial charge in [0.2, 0.25) is 5.82 Å². The summed E-state index contributed by atoms with van der Waals surface area (Å²) in [6, 6.07) is 10.8. The highest BCUT2D eigenvalue weighted by molar-refractivity contribution is 6.10. The van der Waals surface area contributed by atoms with Crippen molar-refractivity contribution in [2.75, 3.05) is 7.11 Å². The van der Waals surface area contributed by atoms with E-state index in [-0.39, 0.29) is 23.1 Å². The zero-order chi connectivity index (χ0) is 21.9. The molecule has 2 aromatic carbocycles. The van der Waals surface area contributed by atoms with Crippen LogP contribution in [0.4, 0.5) is 8.78 Å². The number of hydrogen-bond acceptors (Lipinski definition) is 3. The third-order valence-corrected chi connectivity index (χ3v) is 6.27. The summed E-state index contributed by atoms with van der Waals surface area (Å²) in [7, 11) is 1.31. The number of nitrogens with one attached hydrogen (secondary N) is 1. The van der Waals surface area contributed by atoms with Crippen LogP contribution in [0.3, 0.4) is 0 Å². The topological polar surface area (TPSA) is 58.1 Å². The molecule has 31 heavy (non-hydrogen) atoms. The molecule has 4 aromatic rings. The van der Waals surface area contributed by atoms with Crippen molar-refractivity contribution in [3.05, 3.63) is 70.5 Å².